The van der Waals surface area contributed by atoms with Gasteiger partial charge >= 0.3 is 0 Å². The summed E-state index contributed by atoms with van der Waals surface area (Å²) in [5, 5.41) is 5.15. The van der Waals surface area contributed by atoms with E-state index in [0.29, 0.717) is 0 Å². The second-order valence-electron chi connectivity index (χ2n) is 11.0. The van der Waals surface area contributed by atoms with Crippen molar-refractivity contribution in [1.82, 2.24) is 4.57 Å². The van der Waals surface area contributed by atoms with Crippen molar-refractivity contribution in [2.45, 2.75) is 52.4 Å². The summed E-state index contributed by atoms with van der Waals surface area (Å²) < 4.78 is 3.53. The van der Waals surface area contributed by atoms with E-state index in [4.69, 9.17) is 0 Å². The SMILES string of the molecule is CC(C)(C)c1ccc2c(c1)c1cc(C(C)(C)C)ccc1n2-c1ccc2cc(Br)ccc2c1. The van der Waals surface area contributed by atoms with E-state index in [0.717, 1.165) is 4.47 Å². The van der Waals surface area contributed by atoms with E-state index >= 15 is 0 Å². The number of nitrogens with zero attached hydrogens (tertiary/aromatic N) is 1. The summed E-state index contributed by atoms with van der Waals surface area (Å²) in [6.45, 7) is 13.7. The first-order valence-corrected chi connectivity index (χ1v) is 12.1. The van der Waals surface area contributed by atoms with Crippen molar-refractivity contribution >= 4 is 48.5 Å². The summed E-state index contributed by atoms with van der Waals surface area (Å²) in [5.41, 5.74) is 6.68. The molecule has 1 nitrogen and oxygen atoms in total. The van der Waals surface area contributed by atoms with Crippen LogP contribution in [0.25, 0.3) is 38.3 Å². The van der Waals surface area contributed by atoms with Gasteiger partial charge in [0.25, 0.3) is 0 Å². The first-order chi connectivity index (χ1) is 15.0. The van der Waals surface area contributed by atoms with Gasteiger partial charge in [0.15, 0.2) is 0 Å². The van der Waals surface area contributed by atoms with Crippen LogP contribution in [0.5, 0.6) is 0 Å². The molecule has 2 heteroatoms. The molecule has 0 aliphatic carbocycles. The van der Waals surface area contributed by atoms with Crippen LogP contribution in [0, 0.1) is 0 Å². The first-order valence-electron chi connectivity index (χ1n) is 11.3. The molecule has 1 aromatic heterocycles. The Balaban J connectivity index is 1.86. The van der Waals surface area contributed by atoms with Crippen LogP contribution < -0.4 is 0 Å². The van der Waals surface area contributed by atoms with Gasteiger partial charge in [-0.3, -0.25) is 0 Å². The van der Waals surface area contributed by atoms with E-state index in [1.165, 1.54) is 49.4 Å². The third-order valence-electron chi connectivity index (χ3n) is 6.54. The van der Waals surface area contributed by atoms with E-state index in [-0.39, 0.29) is 10.8 Å². The Hall–Kier alpha value is -2.58. The topological polar surface area (TPSA) is 4.93 Å². The highest BCUT2D eigenvalue weighted by atomic mass is 79.9. The van der Waals surface area contributed by atoms with Crippen LogP contribution in [-0.4, -0.2) is 4.57 Å². The lowest BCUT2D eigenvalue weighted by atomic mass is 9.85. The normalized spacial score (nSPS) is 12.8. The smallest absolute Gasteiger partial charge is 0.0541 e. The Bertz CT molecular complexity index is 1420. The highest BCUT2D eigenvalue weighted by molar-refractivity contribution is 9.10. The molecular formula is C30H30BrN. The number of benzene rings is 4. The highest BCUT2D eigenvalue weighted by Gasteiger charge is 2.20. The Kier molecular flexibility index (Phi) is 4.80. The van der Waals surface area contributed by atoms with Crippen molar-refractivity contribution in [2.75, 3.05) is 0 Å². The molecule has 0 aliphatic rings. The molecule has 0 saturated carbocycles. The largest absolute Gasteiger partial charge is 0.309 e. The molecule has 0 fully saturated rings. The Labute approximate surface area is 199 Å². The summed E-state index contributed by atoms with van der Waals surface area (Å²) >= 11 is 3.59. The molecule has 0 N–H and O–H groups in total. The van der Waals surface area contributed by atoms with E-state index in [9.17, 15) is 0 Å². The van der Waals surface area contributed by atoms with Gasteiger partial charge in [-0.1, -0.05) is 81.7 Å². The van der Waals surface area contributed by atoms with Crippen molar-refractivity contribution in [3.8, 4) is 5.69 Å². The maximum atomic E-state index is 3.59. The van der Waals surface area contributed by atoms with Crippen LogP contribution in [0.15, 0.2) is 77.3 Å². The number of aromatic nitrogens is 1. The van der Waals surface area contributed by atoms with Crippen LogP contribution in [-0.2, 0) is 10.8 Å². The molecule has 4 aromatic carbocycles. The first kappa shape index (κ1) is 21.3. The minimum atomic E-state index is 0.112. The second kappa shape index (κ2) is 7.22. The lowest BCUT2D eigenvalue weighted by Crippen LogP contribution is -2.10. The van der Waals surface area contributed by atoms with E-state index in [2.05, 4.69) is 135 Å². The number of hydrogen-bond donors (Lipinski definition) is 0. The van der Waals surface area contributed by atoms with Crippen molar-refractivity contribution in [3.63, 3.8) is 0 Å². The maximum absolute atomic E-state index is 3.59. The molecule has 1 heterocycles. The minimum absolute atomic E-state index is 0.112. The van der Waals surface area contributed by atoms with Gasteiger partial charge in [-0.25, -0.2) is 0 Å². The number of hydrogen-bond acceptors (Lipinski definition) is 0. The monoisotopic (exact) mass is 483 g/mol. The zero-order chi connectivity index (χ0) is 22.8. The maximum Gasteiger partial charge on any atom is 0.0541 e. The van der Waals surface area contributed by atoms with Crippen molar-refractivity contribution in [1.29, 1.82) is 0 Å². The Morgan fingerprint density at radius 1 is 0.562 bits per heavy atom. The van der Waals surface area contributed by atoms with Gasteiger partial charge in [-0.2, -0.15) is 0 Å². The molecule has 0 spiro atoms. The molecular weight excluding hydrogens is 454 g/mol. The van der Waals surface area contributed by atoms with E-state index < -0.39 is 0 Å². The third kappa shape index (κ3) is 3.55. The summed E-state index contributed by atoms with van der Waals surface area (Å²) in [6, 6.07) is 27.2. The number of rotatable bonds is 1. The molecule has 0 unspecified atom stereocenters. The molecule has 0 saturated heterocycles. The second-order valence-corrected chi connectivity index (χ2v) is 11.9. The van der Waals surface area contributed by atoms with Gasteiger partial charge < -0.3 is 4.57 Å². The number of halogens is 1. The van der Waals surface area contributed by atoms with Crippen molar-refractivity contribution in [3.05, 3.63) is 88.4 Å². The fourth-order valence-electron chi connectivity index (χ4n) is 4.58. The van der Waals surface area contributed by atoms with Crippen LogP contribution in [0.4, 0.5) is 0 Å². The quantitative estimate of drug-likeness (QED) is 0.223. The molecule has 5 aromatic rings. The van der Waals surface area contributed by atoms with Crippen molar-refractivity contribution in [2.24, 2.45) is 0 Å². The zero-order valence-corrected chi connectivity index (χ0v) is 21.3. The fraction of sp³-hybridized carbons (Fsp3) is 0.267. The van der Waals surface area contributed by atoms with Crippen molar-refractivity contribution < 1.29 is 0 Å². The van der Waals surface area contributed by atoms with E-state index in [1.807, 2.05) is 0 Å². The van der Waals surface area contributed by atoms with Gasteiger partial charge in [-0.15, -0.1) is 0 Å². The average molecular weight is 484 g/mol. The molecule has 0 radical (unpaired) electrons. The van der Waals surface area contributed by atoms with Crippen LogP contribution in [0.1, 0.15) is 52.7 Å². The molecule has 0 amide bonds. The van der Waals surface area contributed by atoms with Gasteiger partial charge in [-0.05, 0) is 81.3 Å². The molecule has 0 atom stereocenters. The van der Waals surface area contributed by atoms with Crippen LogP contribution in [0.2, 0.25) is 0 Å². The van der Waals surface area contributed by atoms with Crippen LogP contribution >= 0.6 is 15.9 Å². The molecule has 162 valence electrons. The standard InChI is InChI=1S/C30H30BrN/c1-29(2,3)21-9-13-27-25(17-21)26-18-22(30(4,5)6)10-14-28(26)32(27)24-12-8-19-15-23(31)11-7-20(19)16-24/h7-18H,1-6H3. The lowest BCUT2D eigenvalue weighted by Gasteiger charge is -2.19. The molecule has 5 rings (SSSR count). The van der Waals surface area contributed by atoms with Crippen LogP contribution in [0.3, 0.4) is 0 Å². The van der Waals surface area contributed by atoms with Gasteiger partial charge in [0.05, 0.1) is 11.0 Å². The van der Waals surface area contributed by atoms with Gasteiger partial charge in [0, 0.05) is 20.9 Å². The lowest BCUT2D eigenvalue weighted by molar-refractivity contribution is 0.590. The van der Waals surface area contributed by atoms with Gasteiger partial charge in [0.1, 0.15) is 0 Å². The Morgan fingerprint density at radius 3 is 1.59 bits per heavy atom. The summed E-state index contributed by atoms with van der Waals surface area (Å²) in [5.74, 6) is 0. The average Bonchev–Trinajstić information content (AvgIpc) is 3.05. The highest BCUT2D eigenvalue weighted by Crippen LogP contribution is 2.38. The van der Waals surface area contributed by atoms with E-state index in [1.54, 1.807) is 0 Å². The third-order valence-corrected chi connectivity index (χ3v) is 7.03. The summed E-state index contributed by atoms with van der Waals surface area (Å²) in [4.78, 5) is 0. The fourth-order valence-corrected chi connectivity index (χ4v) is 4.96. The predicted molar refractivity (Wildman–Crippen MR) is 143 cm³/mol. The summed E-state index contributed by atoms with van der Waals surface area (Å²) in [6.07, 6.45) is 0. The number of fused-ring (bicyclic) bond motifs is 4. The molecule has 32 heavy (non-hydrogen) atoms. The predicted octanol–water partition coefficient (Wildman–Crippen LogP) is 9.29. The Morgan fingerprint density at radius 2 is 1.06 bits per heavy atom. The zero-order valence-electron chi connectivity index (χ0n) is 19.8. The molecule has 0 bridgehead atoms. The van der Waals surface area contributed by atoms with Gasteiger partial charge in [0.2, 0.25) is 0 Å². The molecule has 0 aliphatic heterocycles. The minimum Gasteiger partial charge on any atom is -0.309 e. The summed E-state index contributed by atoms with van der Waals surface area (Å²) in [7, 11) is 0.